The molecule has 0 aliphatic carbocycles. The van der Waals surface area contributed by atoms with Crippen molar-refractivity contribution >= 4 is 15.9 Å². The van der Waals surface area contributed by atoms with E-state index in [1.807, 2.05) is 32.0 Å². The SMILES string of the molecule is COc1ccc(S(=O)(=O)N2CCC[C@@H](C(=O)NCCOc3cc(C)ccc3C)C2)cc1. The van der Waals surface area contributed by atoms with Gasteiger partial charge in [-0.1, -0.05) is 12.1 Å². The van der Waals surface area contributed by atoms with Crippen LogP contribution in [0.5, 0.6) is 11.5 Å². The topological polar surface area (TPSA) is 84.9 Å². The fourth-order valence-electron chi connectivity index (χ4n) is 3.61. The van der Waals surface area contributed by atoms with E-state index in [2.05, 4.69) is 5.32 Å². The third-order valence-corrected chi connectivity index (χ3v) is 7.33. The molecule has 168 valence electrons. The van der Waals surface area contributed by atoms with Crippen LogP contribution in [0.25, 0.3) is 0 Å². The molecule has 0 spiro atoms. The maximum absolute atomic E-state index is 13.0. The fourth-order valence-corrected chi connectivity index (χ4v) is 5.14. The van der Waals surface area contributed by atoms with Gasteiger partial charge in [-0.2, -0.15) is 4.31 Å². The van der Waals surface area contributed by atoms with E-state index in [-0.39, 0.29) is 23.3 Å². The molecule has 0 saturated carbocycles. The zero-order valence-electron chi connectivity index (χ0n) is 18.3. The van der Waals surface area contributed by atoms with E-state index in [1.165, 1.54) is 23.5 Å². The first kappa shape index (κ1) is 23.1. The Kier molecular flexibility index (Phi) is 7.56. The van der Waals surface area contributed by atoms with Gasteiger partial charge in [-0.05, 0) is 68.1 Å². The standard InChI is InChI=1S/C23H30N2O5S/c1-17-6-7-18(2)22(15-17)30-14-12-24-23(26)19-5-4-13-25(16-19)31(27,28)21-10-8-20(29-3)9-11-21/h6-11,15,19H,4-5,12-14,16H2,1-3H3,(H,24,26)/t19-/m1/s1. The maximum Gasteiger partial charge on any atom is 0.243 e. The van der Waals surface area contributed by atoms with Crippen LogP contribution in [0.1, 0.15) is 24.0 Å². The van der Waals surface area contributed by atoms with Crippen LogP contribution < -0.4 is 14.8 Å². The summed E-state index contributed by atoms with van der Waals surface area (Å²) in [7, 11) is -2.12. The Morgan fingerprint density at radius 1 is 1.16 bits per heavy atom. The number of amides is 1. The second-order valence-electron chi connectivity index (χ2n) is 7.79. The molecule has 31 heavy (non-hydrogen) atoms. The first-order valence-electron chi connectivity index (χ1n) is 10.4. The van der Waals surface area contributed by atoms with Crippen molar-refractivity contribution in [2.75, 3.05) is 33.4 Å². The Morgan fingerprint density at radius 3 is 2.61 bits per heavy atom. The van der Waals surface area contributed by atoms with Crippen molar-refractivity contribution in [2.45, 2.75) is 31.6 Å². The largest absolute Gasteiger partial charge is 0.497 e. The van der Waals surface area contributed by atoms with Gasteiger partial charge in [-0.3, -0.25) is 4.79 Å². The van der Waals surface area contributed by atoms with Crippen LogP contribution in [0.4, 0.5) is 0 Å². The van der Waals surface area contributed by atoms with Gasteiger partial charge in [0.05, 0.1) is 24.5 Å². The Bertz CT molecular complexity index is 1010. The summed E-state index contributed by atoms with van der Waals surface area (Å²) in [4.78, 5) is 12.8. The molecule has 3 rings (SSSR count). The molecule has 1 aliphatic rings. The summed E-state index contributed by atoms with van der Waals surface area (Å²) < 4.78 is 38.2. The van der Waals surface area contributed by atoms with E-state index in [4.69, 9.17) is 9.47 Å². The van der Waals surface area contributed by atoms with Gasteiger partial charge in [0.15, 0.2) is 0 Å². The fraction of sp³-hybridized carbons (Fsp3) is 0.435. The van der Waals surface area contributed by atoms with Crippen molar-refractivity contribution in [3.63, 3.8) is 0 Å². The van der Waals surface area contributed by atoms with Crippen molar-refractivity contribution in [3.8, 4) is 11.5 Å². The number of ether oxygens (including phenoxy) is 2. The highest BCUT2D eigenvalue weighted by molar-refractivity contribution is 7.89. The van der Waals surface area contributed by atoms with E-state index in [1.54, 1.807) is 12.1 Å². The molecule has 1 heterocycles. The van der Waals surface area contributed by atoms with E-state index < -0.39 is 10.0 Å². The lowest BCUT2D eigenvalue weighted by molar-refractivity contribution is -0.126. The number of piperidine rings is 1. The van der Waals surface area contributed by atoms with E-state index >= 15 is 0 Å². The number of hydrogen-bond donors (Lipinski definition) is 1. The summed E-state index contributed by atoms with van der Waals surface area (Å²) in [5, 5.41) is 2.88. The summed E-state index contributed by atoms with van der Waals surface area (Å²) in [6.45, 7) is 5.30. The second kappa shape index (κ2) is 10.2. The van der Waals surface area contributed by atoms with Gasteiger partial charge < -0.3 is 14.8 Å². The van der Waals surface area contributed by atoms with E-state index in [0.717, 1.165) is 16.9 Å². The number of benzene rings is 2. The Labute approximate surface area is 184 Å². The molecule has 0 bridgehead atoms. The van der Waals surface area contributed by atoms with Crippen LogP contribution in [-0.4, -0.2) is 52.0 Å². The molecule has 2 aromatic carbocycles. The average Bonchev–Trinajstić information content (AvgIpc) is 2.78. The number of methoxy groups -OCH3 is 1. The van der Waals surface area contributed by atoms with Gasteiger partial charge in [-0.15, -0.1) is 0 Å². The molecule has 1 aliphatic heterocycles. The molecule has 1 saturated heterocycles. The zero-order valence-corrected chi connectivity index (χ0v) is 19.1. The first-order valence-corrected chi connectivity index (χ1v) is 11.9. The van der Waals surface area contributed by atoms with Gasteiger partial charge >= 0.3 is 0 Å². The second-order valence-corrected chi connectivity index (χ2v) is 9.72. The molecular formula is C23H30N2O5S. The smallest absolute Gasteiger partial charge is 0.243 e. The van der Waals surface area contributed by atoms with Crippen LogP contribution in [0.15, 0.2) is 47.4 Å². The lowest BCUT2D eigenvalue weighted by atomic mass is 9.99. The van der Waals surface area contributed by atoms with E-state index in [9.17, 15) is 13.2 Å². The summed E-state index contributed by atoms with van der Waals surface area (Å²) in [6.07, 6.45) is 1.31. The third-order valence-electron chi connectivity index (χ3n) is 5.45. The van der Waals surface area contributed by atoms with Crippen LogP contribution in [0.2, 0.25) is 0 Å². The van der Waals surface area contributed by atoms with Gasteiger partial charge in [0.1, 0.15) is 18.1 Å². The predicted octanol–water partition coefficient (Wildman–Crippen LogP) is 2.91. The lowest BCUT2D eigenvalue weighted by Crippen LogP contribution is -2.45. The average molecular weight is 447 g/mol. The van der Waals surface area contributed by atoms with Crippen LogP contribution in [0.3, 0.4) is 0 Å². The molecule has 2 aromatic rings. The quantitative estimate of drug-likeness (QED) is 0.631. The van der Waals surface area contributed by atoms with Crippen molar-refractivity contribution in [2.24, 2.45) is 5.92 Å². The summed E-state index contributed by atoms with van der Waals surface area (Å²) in [5.74, 6) is 0.892. The number of hydrogen-bond acceptors (Lipinski definition) is 5. The summed E-state index contributed by atoms with van der Waals surface area (Å²) >= 11 is 0. The van der Waals surface area contributed by atoms with Crippen molar-refractivity contribution < 1.29 is 22.7 Å². The Balaban J connectivity index is 1.53. The van der Waals surface area contributed by atoms with Gasteiger partial charge in [-0.25, -0.2) is 8.42 Å². The number of carbonyl (C=O) groups is 1. The molecule has 1 amide bonds. The molecule has 0 radical (unpaired) electrons. The maximum atomic E-state index is 13.0. The highest BCUT2D eigenvalue weighted by Crippen LogP contribution is 2.25. The Hall–Kier alpha value is -2.58. The van der Waals surface area contributed by atoms with Gasteiger partial charge in [0, 0.05) is 13.1 Å². The number of aryl methyl sites for hydroxylation is 2. The summed E-state index contributed by atoms with van der Waals surface area (Å²) in [5.41, 5.74) is 2.16. The van der Waals surface area contributed by atoms with Gasteiger partial charge in [0.2, 0.25) is 15.9 Å². The van der Waals surface area contributed by atoms with Crippen molar-refractivity contribution in [1.29, 1.82) is 0 Å². The number of carbonyl (C=O) groups excluding carboxylic acids is 1. The highest BCUT2D eigenvalue weighted by atomic mass is 32.2. The molecular weight excluding hydrogens is 416 g/mol. The number of rotatable bonds is 8. The monoisotopic (exact) mass is 446 g/mol. The minimum absolute atomic E-state index is 0.140. The zero-order chi connectivity index (χ0) is 22.4. The van der Waals surface area contributed by atoms with Crippen LogP contribution in [-0.2, 0) is 14.8 Å². The van der Waals surface area contributed by atoms with Crippen LogP contribution in [0, 0.1) is 19.8 Å². The minimum atomic E-state index is -3.65. The lowest BCUT2D eigenvalue weighted by Gasteiger charge is -2.31. The van der Waals surface area contributed by atoms with E-state index in [0.29, 0.717) is 38.3 Å². The van der Waals surface area contributed by atoms with Crippen molar-refractivity contribution in [3.05, 3.63) is 53.6 Å². The van der Waals surface area contributed by atoms with Gasteiger partial charge in [0.25, 0.3) is 0 Å². The number of nitrogens with zero attached hydrogens (tertiary/aromatic N) is 1. The normalized spacial score (nSPS) is 17.2. The molecule has 1 fully saturated rings. The minimum Gasteiger partial charge on any atom is -0.497 e. The van der Waals surface area contributed by atoms with Crippen molar-refractivity contribution in [1.82, 2.24) is 9.62 Å². The molecule has 1 atom stereocenters. The molecule has 0 unspecified atom stereocenters. The first-order chi connectivity index (χ1) is 14.8. The predicted molar refractivity (Wildman–Crippen MR) is 119 cm³/mol. The van der Waals surface area contributed by atoms with Crippen LogP contribution >= 0.6 is 0 Å². The Morgan fingerprint density at radius 2 is 1.90 bits per heavy atom. The number of nitrogens with one attached hydrogen (secondary N) is 1. The third kappa shape index (κ3) is 5.77. The summed E-state index contributed by atoms with van der Waals surface area (Å²) in [6, 6.07) is 12.3. The molecule has 0 aromatic heterocycles. The highest BCUT2D eigenvalue weighted by Gasteiger charge is 2.33. The molecule has 8 heteroatoms. The molecule has 1 N–H and O–H groups in total. The number of sulfonamides is 1. The molecule has 7 nitrogen and oxygen atoms in total.